The van der Waals surface area contributed by atoms with Crippen molar-refractivity contribution in [3.8, 4) is 0 Å². The van der Waals surface area contributed by atoms with Gasteiger partial charge in [0.25, 0.3) is 5.24 Å². The number of fused-ring (bicyclic) bond motifs is 7. The molecule has 6 aromatic rings. The van der Waals surface area contributed by atoms with Gasteiger partial charge in [0.2, 0.25) is 9.23 Å². The highest BCUT2D eigenvalue weighted by molar-refractivity contribution is 8.26. The number of carbonyl (C=O) groups is 2. The lowest BCUT2D eigenvalue weighted by molar-refractivity contribution is -0.191. The maximum absolute atomic E-state index is 13.0. The average Bonchev–Trinajstić information content (AvgIpc) is 4.06. The van der Waals surface area contributed by atoms with Gasteiger partial charge >= 0.3 is 6.15 Å². The molecule has 0 amide bonds. The molecule has 0 radical (unpaired) electrons. The van der Waals surface area contributed by atoms with Gasteiger partial charge in [0, 0.05) is 59.0 Å². The largest absolute Gasteiger partial charge is 0.373 e. The van der Waals surface area contributed by atoms with Crippen LogP contribution in [-0.4, -0.2) is 74.5 Å². The van der Waals surface area contributed by atoms with Gasteiger partial charge in [0.15, 0.2) is 5.78 Å². The number of benzene rings is 3. The SMILES string of the molecule is Cc1ccc2sc(C(=O)CC3C4CCN(CC4)C34CC4)cc2c1.Cc1ccc2sc(C(=O)Cl)cc2c1.Cc1ccc2sccc2c1.Cl.NC1C2CCN(CC2)C12CC2.O=C=O.O=S(Cl)Cl. The van der Waals surface area contributed by atoms with Crippen molar-refractivity contribution in [3.63, 3.8) is 0 Å². The Balaban J connectivity index is 0.000000143. The predicted molar refractivity (Wildman–Crippen MR) is 275 cm³/mol. The lowest BCUT2D eigenvalue weighted by Gasteiger charge is -2.52. The molecule has 348 valence electrons. The Labute approximate surface area is 416 Å². The summed E-state index contributed by atoms with van der Waals surface area (Å²) in [5.41, 5.74) is 11.0. The van der Waals surface area contributed by atoms with E-state index in [-0.39, 0.29) is 23.8 Å². The van der Waals surface area contributed by atoms with Gasteiger partial charge < -0.3 is 5.73 Å². The minimum absolute atomic E-state index is 0. The number of hydrogen-bond donors (Lipinski definition) is 1. The first-order valence-corrected chi connectivity index (χ1v) is 27.5. The van der Waals surface area contributed by atoms with E-state index in [0.717, 1.165) is 33.2 Å². The Kier molecular flexibility index (Phi) is 18.1. The van der Waals surface area contributed by atoms with E-state index in [1.54, 1.807) is 22.7 Å². The van der Waals surface area contributed by atoms with Crippen molar-refractivity contribution in [3.05, 3.63) is 105 Å². The molecule has 2 aliphatic carbocycles. The molecule has 8 nitrogen and oxygen atoms in total. The first-order chi connectivity index (χ1) is 30.7. The molecule has 2 spiro atoms. The number of hydrogen-bond acceptors (Lipinski definition) is 11. The van der Waals surface area contributed by atoms with E-state index in [1.807, 2.05) is 25.1 Å². The first-order valence-electron chi connectivity index (χ1n) is 21.8. The predicted octanol–water partition coefficient (Wildman–Crippen LogP) is 12.9. The monoisotopic (exact) mass is 1030 g/mol. The standard InChI is InChI=1S/C20H23NOS.C10H7ClOS.C9H16N2.C9H8S.CO2.Cl2OS.ClH/c1-13-2-3-18-15(10-13)11-19(23-18)17(22)12-16-14-4-8-21(9-5-14)20(16)6-7-20;1-6-2-3-8-7(4-6)5-9(13-8)10(11)12;10-8-7-1-5-11(6-2-7)9(8)3-4-9;1-7-2-3-9-8(6-7)4-5-10-9;2-1-3;1-4(2)3;/h2-3,10-11,14,16H,4-9,12H2,1H3;2-5H,1H3;7-8H,1-6,10H2;2-6H,1H3;;;1H. The lowest BCUT2D eigenvalue weighted by atomic mass is 9.70. The smallest absolute Gasteiger partial charge is 0.326 e. The third-order valence-corrected chi connectivity index (χ3v) is 17.6. The Morgan fingerprint density at radius 2 is 1.12 bits per heavy atom. The van der Waals surface area contributed by atoms with E-state index in [2.05, 4.69) is 105 Å². The van der Waals surface area contributed by atoms with Crippen LogP contribution in [0.5, 0.6) is 0 Å². The van der Waals surface area contributed by atoms with Gasteiger partial charge in [-0.15, -0.1) is 46.4 Å². The summed E-state index contributed by atoms with van der Waals surface area (Å²) in [6.45, 7) is 11.5. The number of nitrogens with zero attached hydrogens (tertiary/aromatic N) is 2. The number of thiophene rings is 3. The van der Waals surface area contributed by atoms with Crippen molar-refractivity contribution in [1.82, 2.24) is 9.80 Å². The molecule has 8 aliphatic rings. The molecule has 16 heteroatoms. The van der Waals surface area contributed by atoms with Crippen LogP contribution in [0.3, 0.4) is 0 Å². The van der Waals surface area contributed by atoms with Gasteiger partial charge in [0.05, 0.1) is 9.75 Å². The number of carbonyl (C=O) groups excluding carboxylic acids is 4. The van der Waals surface area contributed by atoms with Crippen molar-refractivity contribution in [2.45, 2.75) is 95.7 Å². The fraction of sp³-hybridized carbons (Fsp3) is 0.449. The van der Waals surface area contributed by atoms with E-state index < -0.39 is 9.23 Å². The number of ketones is 1. The van der Waals surface area contributed by atoms with Crippen molar-refractivity contribution >= 4 is 136 Å². The molecular formula is C49H55Cl4N3O5S4. The summed E-state index contributed by atoms with van der Waals surface area (Å²) in [7, 11) is 7.36. The highest BCUT2D eigenvalue weighted by Gasteiger charge is 2.60. The van der Waals surface area contributed by atoms with Crippen LogP contribution in [0.15, 0.2) is 78.2 Å². The lowest BCUT2D eigenvalue weighted by Crippen LogP contribution is -2.63. The van der Waals surface area contributed by atoms with Gasteiger partial charge in [-0.2, -0.15) is 9.59 Å². The topological polar surface area (TPSA) is 118 Å². The van der Waals surface area contributed by atoms with Crippen LogP contribution < -0.4 is 5.73 Å². The molecule has 9 heterocycles. The van der Waals surface area contributed by atoms with Gasteiger partial charge in [-0.05, 0) is 186 Å². The summed E-state index contributed by atoms with van der Waals surface area (Å²) < 4.78 is 12.8. The molecule has 3 aromatic heterocycles. The molecule has 8 fully saturated rings. The van der Waals surface area contributed by atoms with Crippen molar-refractivity contribution in [2.24, 2.45) is 23.5 Å². The minimum atomic E-state index is -1.67. The van der Waals surface area contributed by atoms with Crippen molar-refractivity contribution < 1.29 is 23.4 Å². The molecule has 6 saturated heterocycles. The molecule has 2 N–H and O–H groups in total. The minimum Gasteiger partial charge on any atom is -0.326 e. The van der Waals surface area contributed by atoms with E-state index in [0.29, 0.717) is 33.7 Å². The van der Waals surface area contributed by atoms with E-state index in [4.69, 9.17) is 31.1 Å². The summed E-state index contributed by atoms with van der Waals surface area (Å²) in [6, 6.07) is 25.8. The van der Waals surface area contributed by atoms with Crippen LogP contribution >= 0.6 is 79.4 Å². The molecular weight excluding hydrogens is 981 g/mol. The Morgan fingerprint density at radius 1 is 0.692 bits per heavy atom. The number of aryl methyl sites for hydroxylation is 3. The Hall–Kier alpha value is -2.55. The quantitative estimate of drug-likeness (QED) is 0.137. The third kappa shape index (κ3) is 12.4. The normalized spacial score (nSPS) is 24.1. The molecule has 14 rings (SSSR count). The van der Waals surface area contributed by atoms with Crippen LogP contribution in [0.4, 0.5) is 0 Å². The van der Waals surface area contributed by atoms with Crippen molar-refractivity contribution in [1.29, 1.82) is 0 Å². The van der Waals surface area contributed by atoms with Gasteiger partial charge in [-0.1, -0.05) is 53.1 Å². The van der Waals surface area contributed by atoms with Crippen LogP contribution in [0, 0.1) is 38.5 Å². The zero-order valence-electron chi connectivity index (χ0n) is 36.7. The highest BCUT2D eigenvalue weighted by atomic mass is 36.0. The van der Waals surface area contributed by atoms with Gasteiger partial charge in [-0.3, -0.25) is 19.4 Å². The highest BCUT2D eigenvalue weighted by Crippen LogP contribution is 2.59. The second-order valence-electron chi connectivity index (χ2n) is 17.9. The summed E-state index contributed by atoms with van der Waals surface area (Å²) >= 11 is 10.3. The van der Waals surface area contributed by atoms with E-state index >= 15 is 0 Å². The maximum atomic E-state index is 13.0. The number of halogens is 4. The number of rotatable bonds is 4. The molecule has 2 saturated carbocycles. The van der Waals surface area contributed by atoms with E-state index in [1.165, 1.54) is 126 Å². The molecule has 65 heavy (non-hydrogen) atoms. The van der Waals surface area contributed by atoms with Gasteiger partial charge in [-0.25, -0.2) is 4.21 Å². The molecule has 3 aromatic carbocycles. The summed E-state index contributed by atoms with van der Waals surface area (Å²) in [4.78, 5) is 47.0. The molecule has 6 aliphatic heterocycles. The van der Waals surface area contributed by atoms with Crippen LogP contribution in [-0.2, 0) is 18.8 Å². The first kappa shape index (κ1) is 51.8. The number of nitrogens with two attached hydrogens (primary N) is 1. The fourth-order valence-electron chi connectivity index (χ4n) is 10.7. The van der Waals surface area contributed by atoms with Gasteiger partial charge in [0.1, 0.15) is 0 Å². The third-order valence-electron chi connectivity index (χ3n) is 14.1. The summed E-state index contributed by atoms with van der Waals surface area (Å²) in [5.74, 6) is 2.66. The van der Waals surface area contributed by atoms with Crippen LogP contribution in [0.1, 0.15) is 93.8 Å². The Morgan fingerprint density at radius 3 is 1.58 bits per heavy atom. The molecule has 2 unspecified atom stereocenters. The fourth-order valence-corrected chi connectivity index (χ4v) is 13.5. The maximum Gasteiger partial charge on any atom is 0.373 e. The molecule has 4 bridgehead atoms. The second-order valence-corrected chi connectivity index (χ2v) is 23.9. The van der Waals surface area contributed by atoms with Crippen LogP contribution in [0.2, 0.25) is 0 Å². The zero-order chi connectivity index (χ0) is 45.8. The van der Waals surface area contributed by atoms with Crippen molar-refractivity contribution in [2.75, 3.05) is 26.2 Å². The van der Waals surface area contributed by atoms with Crippen LogP contribution in [0.25, 0.3) is 30.3 Å². The summed E-state index contributed by atoms with van der Waals surface area (Å²) in [5, 5.41) is 5.44. The average molecular weight is 1040 g/mol. The number of piperidine rings is 6. The summed E-state index contributed by atoms with van der Waals surface area (Å²) in [6.07, 6.45) is 11.8. The zero-order valence-corrected chi connectivity index (χ0v) is 43.0. The number of Topliss-reactive ketones (excluding diaryl/α,β-unsaturated/α-hetero) is 1. The second kappa shape index (κ2) is 22.7. The van der Waals surface area contributed by atoms with E-state index in [9.17, 15) is 9.59 Å². The molecule has 2 atom stereocenters. The Bertz CT molecular complexity index is 2650.